The Morgan fingerprint density at radius 3 is 2.47 bits per heavy atom. The Bertz CT molecular complexity index is 387. The number of Topliss-reactive ketones (excluding diaryl/α,β-unsaturated/α-hetero) is 1. The van der Waals surface area contributed by atoms with Crippen LogP contribution in [-0.4, -0.2) is 31.2 Å². The van der Waals surface area contributed by atoms with Gasteiger partial charge in [-0.05, 0) is 24.6 Å². The minimum Gasteiger partial charge on any atom is -0.493 e. The molecule has 0 aliphatic rings. The van der Waals surface area contributed by atoms with E-state index in [2.05, 4.69) is 0 Å². The molecule has 0 spiro atoms. The van der Waals surface area contributed by atoms with E-state index in [0.717, 1.165) is 6.42 Å². The van der Waals surface area contributed by atoms with Gasteiger partial charge in [-0.25, -0.2) is 0 Å². The summed E-state index contributed by atoms with van der Waals surface area (Å²) in [7, 11) is 3.04. The summed E-state index contributed by atoms with van der Waals surface area (Å²) in [5.74, 6) is 0.767. The molecule has 0 aliphatic carbocycles. The second-order valence-electron chi connectivity index (χ2n) is 3.74. The van der Waals surface area contributed by atoms with Crippen LogP contribution in [0.25, 0.3) is 0 Å². The number of hydrogen-bond donors (Lipinski definition) is 1. The molecule has 1 rings (SSSR count). The number of ketones is 1. The fourth-order valence-electron chi connectivity index (χ4n) is 1.59. The van der Waals surface area contributed by atoms with E-state index in [9.17, 15) is 9.90 Å². The minimum absolute atomic E-state index is 0.284. The van der Waals surface area contributed by atoms with Crippen LogP contribution in [0.15, 0.2) is 18.2 Å². The van der Waals surface area contributed by atoms with E-state index in [1.54, 1.807) is 18.2 Å². The van der Waals surface area contributed by atoms with Crippen molar-refractivity contribution in [3.05, 3.63) is 23.8 Å². The Morgan fingerprint density at radius 2 is 1.94 bits per heavy atom. The molecule has 0 radical (unpaired) electrons. The van der Waals surface area contributed by atoms with Crippen LogP contribution in [0.5, 0.6) is 11.5 Å². The number of aliphatic hydroxyl groups excluding tert-OH is 1. The lowest BCUT2D eigenvalue weighted by atomic mass is 10.0. The Morgan fingerprint density at radius 1 is 1.29 bits per heavy atom. The van der Waals surface area contributed by atoms with Crippen molar-refractivity contribution in [1.82, 2.24) is 0 Å². The van der Waals surface area contributed by atoms with Crippen molar-refractivity contribution in [2.75, 3.05) is 14.2 Å². The van der Waals surface area contributed by atoms with Crippen LogP contribution in [0.4, 0.5) is 0 Å². The van der Waals surface area contributed by atoms with E-state index in [1.165, 1.54) is 14.2 Å². The highest BCUT2D eigenvalue weighted by Crippen LogP contribution is 2.28. The molecule has 0 aliphatic heterocycles. The second kappa shape index (κ2) is 6.25. The maximum atomic E-state index is 11.9. The molecule has 94 valence electrons. The number of rotatable bonds is 6. The molecule has 4 nitrogen and oxygen atoms in total. The molecule has 4 heteroatoms. The summed E-state index contributed by atoms with van der Waals surface area (Å²) in [5, 5.41) is 9.64. The number of carbonyl (C=O) groups is 1. The van der Waals surface area contributed by atoms with Gasteiger partial charge in [-0.3, -0.25) is 4.79 Å². The van der Waals surface area contributed by atoms with Gasteiger partial charge in [0.15, 0.2) is 17.3 Å². The maximum Gasteiger partial charge on any atom is 0.191 e. The number of aliphatic hydroxyl groups is 1. The van der Waals surface area contributed by atoms with Gasteiger partial charge < -0.3 is 14.6 Å². The van der Waals surface area contributed by atoms with Crippen LogP contribution in [0.2, 0.25) is 0 Å². The number of benzene rings is 1. The summed E-state index contributed by atoms with van der Waals surface area (Å²) in [6.45, 7) is 1.92. The molecular weight excluding hydrogens is 220 g/mol. The zero-order chi connectivity index (χ0) is 12.8. The van der Waals surface area contributed by atoms with Gasteiger partial charge in [0, 0.05) is 5.56 Å². The number of methoxy groups -OCH3 is 2. The van der Waals surface area contributed by atoms with E-state index in [-0.39, 0.29) is 5.78 Å². The zero-order valence-electron chi connectivity index (χ0n) is 10.4. The Labute approximate surface area is 101 Å². The lowest BCUT2D eigenvalue weighted by Gasteiger charge is -2.11. The van der Waals surface area contributed by atoms with Gasteiger partial charge in [0.2, 0.25) is 0 Å². The molecule has 1 aromatic rings. The fraction of sp³-hybridized carbons (Fsp3) is 0.462. The van der Waals surface area contributed by atoms with Gasteiger partial charge >= 0.3 is 0 Å². The van der Waals surface area contributed by atoms with Crippen molar-refractivity contribution >= 4 is 5.78 Å². The molecule has 0 saturated heterocycles. The van der Waals surface area contributed by atoms with Gasteiger partial charge in [-0.2, -0.15) is 0 Å². The van der Waals surface area contributed by atoms with E-state index in [1.807, 2.05) is 6.92 Å². The van der Waals surface area contributed by atoms with E-state index in [4.69, 9.17) is 9.47 Å². The van der Waals surface area contributed by atoms with E-state index in [0.29, 0.717) is 23.5 Å². The first-order valence-corrected chi connectivity index (χ1v) is 5.58. The van der Waals surface area contributed by atoms with Crippen LogP contribution in [0.3, 0.4) is 0 Å². The predicted molar refractivity (Wildman–Crippen MR) is 64.8 cm³/mol. The topological polar surface area (TPSA) is 55.8 Å². The summed E-state index contributed by atoms with van der Waals surface area (Å²) < 4.78 is 10.2. The van der Waals surface area contributed by atoms with Gasteiger partial charge in [-0.15, -0.1) is 0 Å². The zero-order valence-corrected chi connectivity index (χ0v) is 10.4. The summed E-state index contributed by atoms with van der Waals surface area (Å²) in [5.41, 5.74) is 0.434. The summed E-state index contributed by atoms with van der Waals surface area (Å²) >= 11 is 0. The standard InChI is InChI=1S/C13H18O4/c1-4-5-10(14)13(15)9-6-7-11(16-2)12(8-9)17-3/h6-8,10,14H,4-5H2,1-3H3. The Kier molecular flexibility index (Phi) is 4.97. The molecular formula is C13H18O4. The summed E-state index contributed by atoms with van der Waals surface area (Å²) in [6.07, 6.45) is 0.283. The van der Waals surface area contributed by atoms with Crippen LogP contribution in [-0.2, 0) is 0 Å². The first kappa shape index (κ1) is 13.5. The van der Waals surface area contributed by atoms with Crippen LogP contribution in [0, 0.1) is 0 Å². The van der Waals surface area contributed by atoms with E-state index < -0.39 is 6.10 Å². The van der Waals surface area contributed by atoms with Gasteiger partial charge in [-0.1, -0.05) is 13.3 Å². The molecule has 1 N–H and O–H groups in total. The SMILES string of the molecule is CCCC(O)C(=O)c1ccc(OC)c(OC)c1. The highest BCUT2D eigenvalue weighted by molar-refractivity contribution is 5.99. The van der Waals surface area contributed by atoms with Crippen molar-refractivity contribution in [2.24, 2.45) is 0 Å². The summed E-state index contributed by atoms with van der Waals surface area (Å²) in [4.78, 5) is 11.9. The van der Waals surface area contributed by atoms with Crippen LogP contribution >= 0.6 is 0 Å². The van der Waals surface area contributed by atoms with Crippen molar-refractivity contribution < 1.29 is 19.4 Å². The third kappa shape index (κ3) is 3.20. The lowest BCUT2D eigenvalue weighted by molar-refractivity contribution is 0.0729. The third-order valence-corrected chi connectivity index (χ3v) is 2.53. The third-order valence-electron chi connectivity index (χ3n) is 2.53. The fourth-order valence-corrected chi connectivity index (χ4v) is 1.59. The number of carbonyl (C=O) groups excluding carboxylic acids is 1. The van der Waals surface area contributed by atoms with E-state index >= 15 is 0 Å². The molecule has 1 unspecified atom stereocenters. The Balaban J connectivity index is 2.95. The van der Waals surface area contributed by atoms with Crippen LogP contribution in [0.1, 0.15) is 30.1 Å². The minimum atomic E-state index is -0.946. The molecule has 1 atom stereocenters. The second-order valence-corrected chi connectivity index (χ2v) is 3.74. The number of hydrogen-bond acceptors (Lipinski definition) is 4. The van der Waals surface area contributed by atoms with Crippen molar-refractivity contribution in [2.45, 2.75) is 25.9 Å². The molecule has 17 heavy (non-hydrogen) atoms. The first-order chi connectivity index (χ1) is 8.13. The predicted octanol–water partition coefficient (Wildman–Crippen LogP) is 2.05. The molecule has 0 bridgehead atoms. The molecule has 0 aromatic heterocycles. The lowest BCUT2D eigenvalue weighted by Crippen LogP contribution is -2.20. The average molecular weight is 238 g/mol. The van der Waals surface area contributed by atoms with Crippen molar-refractivity contribution in [3.63, 3.8) is 0 Å². The molecule has 0 saturated carbocycles. The van der Waals surface area contributed by atoms with Crippen molar-refractivity contribution in [1.29, 1.82) is 0 Å². The smallest absolute Gasteiger partial charge is 0.191 e. The van der Waals surface area contributed by atoms with Gasteiger partial charge in [0.25, 0.3) is 0 Å². The monoisotopic (exact) mass is 238 g/mol. The van der Waals surface area contributed by atoms with Gasteiger partial charge in [0.05, 0.1) is 14.2 Å². The highest BCUT2D eigenvalue weighted by Gasteiger charge is 2.17. The average Bonchev–Trinajstić information content (AvgIpc) is 2.37. The Hall–Kier alpha value is -1.55. The largest absolute Gasteiger partial charge is 0.493 e. The molecule has 0 amide bonds. The normalized spacial score (nSPS) is 12.0. The molecule has 0 fully saturated rings. The summed E-state index contributed by atoms with van der Waals surface area (Å²) in [6, 6.07) is 4.87. The van der Waals surface area contributed by atoms with Crippen molar-refractivity contribution in [3.8, 4) is 11.5 Å². The van der Waals surface area contributed by atoms with Gasteiger partial charge in [0.1, 0.15) is 6.10 Å². The molecule has 1 aromatic carbocycles. The number of ether oxygens (including phenoxy) is 2. The van der Waals surface area contributed by atoms with Crippen LogP contribution < -0.4 is 9.47 Å². The quantitative estimate of drug-likeness (QED) is 0.771. The highest BCUT2D eigenvalue weighted by atomic mass is 16.5. The maximum absolute atomic E-state index is 11.9. The molecule has 0 heterocycles. The first-order valence-electron chi connectivity index (χ1n) is 5.58.